The van der Waals surface area contributed by atoms with Crippen molar-refractivity contribution in [2.45, 2.75) is 42.3 Å². The predicted octanol–water partition coefficient (Wildman–Crippen LogP) is 4.00. The number of hydrogen-bond acceptors (Lipinski definition) is 6. The molecule has 4 atom stereocenters. The minimum absolute atomic E-state index is 0.259. The van der Waals surface area contributed by atoms with Crippen LogP contribution < -0.4 is 5.73 Å². The van der Waals surface area contributed by atoms with Gasteiger partial charge in [-0.3, -0.25) is 18.8 Å². The Labute approximate surface area is 193 Å². The number of carboxylic acid groups (broad SMARTS) is 1. The summed E-state index contributed by atoms with van der Waals surface area (Å²) < 4.78 is 60.4. The van der Waals surface area contributed by atoms with E-state index < -0.39 is 64.6 Å². The molecule has 0 aliphatic heterocycles. The van der Waals surface area contributed by atoms with Gasteiger partial charge in [0.1, 0.15) is 6.04 Å². The van der Waals surface area contributed by atoms with Crippen LogP contribution in [-0.4, -0.2) is 42.8 Å². The lowest BCUT2D eigenvalue weighted by Crippen LogP contribution is -2.44. The Hall–Kier alpha value is -1.92. The zero-order valence-corrected chi connectivity index (χ0v) is 18.7. The number of rotatable bonds is 9. The number of nitrogens with one attached hydrogen (secondary N) is 1. The summed E-state index contributed by atoms with van der Waals surface area (Å²) in [6.45, 7) is 0. The number of aromatic nitrogens is 1. The zero-order chi connectivity index (χ0) is 24.3. The fourth-order valence-electron chi connectivity index (χ4n) is 3.04. The SMILES string of the molecule is N=[SH](=O)[C@@H](CCC(O)(c1ccc(-c2ccc(Cl)cc2Cl)cn1)C(F)(F)F)C[C@H](N)C(=O)O. The molecule has 176 valence electrons. The van der Waals surface area contributed by atoms with E-state index in [4.69, 9.17) is 38.8 Å². The fraction of sp³-hybridized carbons (Fsp3) is 0.368. The summed E-state index contributed by atoms with van der Waals surface area (Å²) in [7, 11) is -2.79. The van der Waals surface area contributed by atoms with Crippen LogP contribution in [0.2, 0.25) is 10.0 Å². The molecule has 0 amide bonds. The Kier molecular flexibility index (Phi) is 8.51. The van der Waals surface area contributed by atoms with E-state index in [2.05, 4.69) is 4.98 Å². The maximum Gasteiger partial charge on any atom is 0.422 e. The zero-order valence-electron chi connectivity index (χ0n) is 16.3. The van der Waals surface area contributed by atoms with Crippen LogP contribution in [0.4, 0.5) is 13.2 Å². The van der Waals surface area contributed by atoms with Crippen molar-refractivity contribution in [1.82, 2.24) is 4.98 Å². The van der Waals surface area contributed by atoms with E-state index in [0.717, 1.165) is 12.3 Å². The van der Waals surface area contributed by atoms with Gasteiger partial charge in [-0.1, -0.05) is 35.3 Å². The average Bonchev–Trinajstić information content (AvgIpc) is 2.69. The van der Waals surface area contributed by atoms with Gasteiger partial charge >= 0.3 is 12.1 Å². The van der Waals surface area contributed by atoms with Crippen LogP contribution in [0.25, 0.3) is 11.1 Å². The monoisotopic (exact) mass is 513 g/mol. The number of nitrogens with zero attached hydrogens (tertiary/aromatic N) is 1. The van der Waals surface area contributed by atoms with E-state index >= 15 is 0 Å². The quantitative estimate of drug-likeness (QED) is 0.321. The normalized spacial score (nSPS) is 16.7. The molecule has 1 aromatic heterocycles. The number of alkyl halides is 3. The van der Waals surface area contributed by atoms with Crippen molar-refractivity contribution in [3.8, 4) is 11.1 Å². The molecule has 1 aromatic carbocycles. The Morgan fingerprint density at radius 3 is 2.38 bits per heavy atom. The van der Waals surface area contributed by atoms with Gasteiger partial charge < -0.3 is 15.9 Å². The highest BCUT2D eigenvalue weighted by molar-refractivity contribution is 7.74. The van der Waals surface area contributed by atoms with Gasteiger partial charge in [-0.2, -0.15) is 13.2 Å². The number of thiol groups is 1. The summed E-state index contributed by atoms with van der Waals surface area (Å²) in [5, 5.41) is 18.8. The van der Waals surface area contributed by atoms with Gasteiger partial charge in [-0.25, -0.2) is 0 Å². The number of nitrogens with two attached hydrogens (primary N) is 1. The van der Waals surface area contributed by atoms with Gasteiger partial charge in [-0.15, -0.1) is 0 Å². The van der Waals surface area contributed by atoms with Crippen LogP contribution in [0.3, 0.4) is 0 Å². The molecule has 2 unspecified atom stereocenters. The molecule has 5 N–H and O–H groups in total. The molecule has 1 heterocycles. The third-order valence-corrected chi connectivity index (χ3v) is 6.59. The first-order valence-corrected chi connectivity index (χ1v) is 11.2. The fourth-order valence-corrected chi connectivity index (χ4v) is 4.34. The number of benzene rings is 1. The molecular formula is C19H20Cl2F3N3O4S. The van der Waals surface area contributed by atoms with Crippen LogP contribution in [0, 0.1) is 4.78 Å². The smallest absolute Gasteiger partial charge is 0.422 e. The molecule has 0 aliphatic rings. The van der Waals surface area contributed by atoms with Crippen LogP contribution in [0.5, 0.6) is 0 Å². The Morgan fingerprint density at radius 1 is 1.25 bits per heavy atom. The second kappa shape index (κ2) is 10.3. The van der Waals surface area contributed by atoms with Crippen LogP contribution in [-0.2, 0) is 21.0 Å². The molecule has 2 aromatic rings. The topological polar surface area (TPSA) is 137 Å². The summed E-state index contributed by atoms with van der Waals surface area (Å²) in [6.07, 6.45) is -6.04. The maximum absolute atomic E-state index is 13.8. The summed E-state index contributed by atoms with van der Waals surface area (Å²) in [6, 6.07) is 5.38. The number of aliphatic carboxylic acids is 1. The van der Waals surface area contributed by atoms with E-state index in [1.807, 2.05) is 0 Å². The molecule has 7 nitrogen and oxygen atoms in total. The second-order valence-corrected chi connectivity index (χ2v) is 9.34. The Morgan fingerprint density at radius 2 is 1.91 bits per heavy atom. The van der Waals surface area contributed by atoms with Crippen molar-refractivity contribution < 1.29 is 32.4 Å². The van der Waals surface area contributed by atoms with E-state index in [9.17, 15) is 27.3 Å². The first kappa shape index (κ1) is 26.3. The van der Waals surface area contributed by atoms with Gasteiger partial charge in [0.2, 0.25) is 5.60 Å². The van der Waals surface area contributed by atoms with Crippen LogP contribution in [0.15, 0.2) is 36.5 Å². The molecular weight excluding hydrogens is 494 g/mol. The molecule has 0 saturated carbocycles. The number of carbonyl (C=O) groups is 1. The van der Waals surface area contributed by atoms with Gasteiger partial charge in [0, 0.05) is 43.2 Å². The van der Waals surface area contributed by atoms with Gasteiger partial charge in [0.25, 0.3) is 0 Å². The third kappa shape index (κ3) is 6.10. The molecule has 13 heteroatoms. The molecule has 0 saturated heterocycles. The van der Waals surface area contributed by atoms with Crippen LogP contribution >= 0.6 is 23.2 Å². The van der Waals surface area contributed by atoms with Crippen molar-refractivity contribution >= 4 is 39.8 Å². The van der Waals surface area contributed by atoms with Crippen molar-refractivity contribution in [3.05, 3.63) is 52.3 Å². The number of halogens is 5. The molecule has 0 fully saturated rings. The first-order valence-electron chi connectivity index (χ1n) is 9.13. The molecule has 0 spiro atoms. The van der Waals surface area contributed by atoms with Gasteiger partial charge in [0.05, 0.1) is 5.69 Å². The number of carboxylic acids is 1. The summed E-state index contributed by atoms with van der Waals surface area (Å²) in [5.74, 6) is -1.43. The number of aliphatic hydroxyl groups is 1. The molecule has 2 rings (SSSR count). The highest BCUT2D eigenvalue weighted by Gasteiger charge is 2.55. The highest BCUT2D eigenvalue weighted by Crippen LogP contribution is 2.42. The Balaban J connectivity index is 2.33. The van der Waals surface area contributed by atoms with Crippen molar-refractivity contribution in [2.75, 3.05) is 0 Å². The summed E-state index contributed by atoms with van der Waals surface area (Å²) in [4.78, 5) is 14.7. The number of pyridine rings is 1. The lowest BCUT2D eigenvalue weighted by Gasteiger charge is -2.31. The summed E-state index contributed by atoms with van der Waals surface area (Å²) >= 11 is 11.9. The maximum atomic E-state index is 13.8. The molecule has 0 bridgehead atoms. The third-order valence-electron chi connectivity index (χ3n) is 4.91. The molecule has 0 aliphatic carbocycles. The van der Waals surface area contributed by atoms with Crippen molar-refractivity contribution in [1.29, 1.82) is 4.78 Å². The van der Waals surface area contributed by atoms with Crippen LogP contribution in [0.1, 0.15) is 25.0 Å². The van der Waals surface area contributed by atoms with E-state index in [1.165, 1.54) is 12.1 Å². The average molecular weight is 514 g/mol. The van der Waals surface area contributed by atoms with E-state index in [0.29, 0.717) is 16.1 Å². The number of hydrogen-bond donors (Lipinski definition) is 5. The molecule has 32 heavy (non-hydrogen) atoms. The first-order chi connectivity index (χ1) is 14.8. The lowest BCUT2D eigenvalue weighted by molar-refractivity contribution is -0.271. The van der Waals surface area contributed by atoms with Gasteiger partial charge in [0.15, 0.2) is 0 Å². The second-order valence-electron chi connectivity index (χ2n) is 7.11. The van der Waals surface area contributed by atoms with E-state index in [-0.39, 0.29) is 5.02 Å². The van der Waals surface area contributed by atoms with Gasteiger partial charge in [-0.05, 0) is 37.5 Å². The van der Waals surface area contributed by atoms with Crippen molar-refractivity contribution in [2.24, 2.45) is 5.73 Å². The minimum Gasteiger partial charge on any atom is -0.480 e. The van der Waals surface area contributed by atoms with E-state index in [1.54, 1.807) is 12.1 Å². The minimum atomic E-state index is -5.15. The molecule has 0 radical (unpaired) electrons. The Bertz CT molecular complexity index is 1040. The lowest BCUT2D eigenvalue weighted by atomic mass is 9.90. The highest BCUT2D eigenvalue weighted by atomic mass is 35.5. The van der Waals surface area contributed by atoms with Crippen molar-refractivity contribution in [3.63, 3.8) is 0 Å². The summed E-state index contributed by atoms with van der Waals surface area (Å²) in [5.41, 5.74) is 2.10. The standard InChI is InChI=1S/C19H20Cl2F3N3O4S/c20-11-2-3-13(14(21)7-11)10-1-4-16(27-9-10)18(30,19(22,23)24)6-5-12(32(26)31)8-15(25)17(28)29/h1-4,7,9,12,15,26,30,32H,5-6,8,25H2,(H,28,29)/t12-,15-,18?/m0/s1. The predicted molar refractivity (Wildman–Crippen MR) is 115 cm³/mol. The largest absolute Gasteiger partial charge is 0.480 e.